The first-order chi connectivity index (χ1) is 14.4. The largest absolute Gasteiger partial charge is 0.492 e. The molecule has 1 fully saturated rings. The highest BCUT2D eigenvalue weighted by molar-refractivity contribution is 7.99. The lowest BCUT2D eigenvalue weighted by Crippen LogP contribution is -2.32. The van der Waals surface area contributed by atoms with Crippen LogP contribution >= 0.6 is 23.4 Å². The molecule has 1 aliphatic heterocycles. The van der Waals surface area contributed by atoms with Gasteiger partial charge in [-0.1, -0.05) is 23.4 Å². The topological polar surface area (TPSA) is 79.8 Å². The molecule has 0 bridgehead atoms. The molecule has 0 saturated carbocycles. The van der Waals surface area contributed by atoms with Gasteiger partial charge in [-0.05, 0) is 49.2 Å². The van der Waals surface area contributed by atoms with Crippen LogP contribution in [-0.4, -0.2) is 67.6 Å². The number of benzene rings is 1. The molecule has 2 aromatic rings. The first-order valence-corrected chi connectivity index (χ1v) is 12.4. The molecule has 7 nitrogen and oxygen atoms in total. The SMILES string of the molecule is CN(CCOc1ccc(Cl)cc1)C(=O)CSc1ccc(S(=O)(=O)N2CCCC2)cn1. The summed E-state index contributed by atoms with van der Waals surface area (Å²) in [6.07, 6.45) is 3.14. The van der Waals surface area contributed by atoms with Crippen molar-refractivity contribution in [1.82, 2.24) is 14.2 Å². The molecule has 0 unspecified atom stereocenters. The van der Waals surface area contributed by atoms with Crippen molar-refractivity contribution in [2.75, 3.05) is 39.0 Å². The Hall–Kier alpha value is -1.81. The first kappa shape index (κ1) is 22.9. The van der Waals surface area contributed by atoms with Gasteiger partial charge in [-0.25, -0.2) is 13.4 Å². The van der Waals surface area contributed by atoms with Gasteiger partial charge in [0.15, 0.2) is 0 Å². The number of hydrogen-bond acceptors (Lipinski definition) is 6. The molecular weight excluding hydrogens is 446 g/mol. The van der Waals surface area contributed by atoms with Gasteiger partial charge in [0.2, 0.25) is 15.9 Å². The fourth-order valence-electron chi connectivity index (χ4n) is 2.88. The smallest absolute Gasteiger partial charge is 0.244 e. The number of rotatable bonds is 9. The number of sulfonamides is 1. The Morgan fingerprint density at radius 1 is 1.20 bits per heavy atom. The van der Waals surface area contributed by atoms with E-state index in [2.05, 4.69) is 4.98 Å². The van der Waals surface area contributed by atoms with E-state index in [-0.39, 0.29) is 16.6 Å². The molecular formula is C20H24ClN3O4S2. The maximum atomic E-state index is 12.5. The van der Waals surface area contributed by atoms with Crippen molar-refractivity contribution in [3.63, 3.8) is 0 Å². The van der Waals surface area contributed by atoms with Gasteiger partial charge >= 0.3 is 0 Å². The summed E-state index contributed by atoms with van der Waals surface area (Å²) in [4.78, 5) is 18.3. The van der Waals surface area contributed by atoms with Crippen LogP contribution in [0.15, 0.2) is 52.5 Å². The molecule has 1 aliphatic rings. The van der Waals surface area contributed by atoms with E-state index in [4.69, 9.17) is 16.3 Å². The van der Waals surface area contributed by atoms with E-state index in [1.165, 1.54) is 22.3 Å². The summed E-state index contributed by atoms with van der Waals surface area (Å²) < 4.78 is 32.1. The minimum Gasteiger partial charge on any atom is -0.492 e. The number of carbonyl (C=O) groups is 1. The van der Waals surface area contributed by atoms with Crippen LogP contribution in [0.25, 0.3) is 0 Å². The van der Waals surface area contributed by atoms with Crippen LogP contribution in [-0.2, 0) is 14.8 Å². The molecule has 1 aromatic heterocycles. The fourth-order valence-corrected chi connectivity index (χ4v) is 5.26. The van der Waals surface area contributed by atoms with Crippen LogP contribution in [0.5, 0.6) is 5.75 Å². The van der Waals surface area contributed by atoms with Crippen LogP contribution in [0.2, 0.25) is 5.02 Å². The second-order valence-electron chi connectivity index (χ2n) is 6.85. The predicted molar refractivity (Wildman–Crippen MR) is 118 cm³/mol. The number of nitrogens with zero attached hydrogens (tertiary/aromatic N) is 3. The number of amides is 1. The van der Waals surface area contributed by atoms with Crippen LogP contribution in [0.4, 0.5) is 0 Å². The Labute approximate surface area is 186 Å². The molecule has 1 amide bonds. The zero-order chi connectivity index (χ0) is 21.6. The molecule has 30 heavy (non-hydrogen) atoms. The van der Waals surface area contributed by atoms with Crippen LogP contribution in [0.3, 0.4) is 0 Å². The molecule has 0 spiro atoms. The second kappa shape index (κ2) is 10.5. The number of pyridine rings is 1. The zero-order valence-corrected chi connectivity index (χ0v) is 19.0. The van der Waals surface area contributed by atoms with Crippen molar-refractivity contribution in [2.24, 2.45) is 0 Å². The molecule has 0 radical (unpaired) electrons. The van der Waals surface area contributed by atoms with E-state index >= 15 is 0 Å². The van der Waals surface area contributed by atoms with Crippen LogP contribution in [0.1, 0.15) is 12.8 Å². The van der Waals surface area contributed by atoms with Gasteiger partial charge in [-0.3, -0.25) is 4.79 Å². The highest BCUT2D eigenvalue weighted by atomic mass is 35.5. The highest BCUT2D eigenvalue weighted by Gasteiger charge is 2.27. The normalized spacial score (nSPS) is 14.6. The standard InChI is InChI=1S/C20H24ClN3O4S2/c1-23(12-13-28-17-6-4-16(21)5-7-17)20(25)15-29-19-9-8-18(14-22-19)30(26,27)24-10-2-3-11-24/h4-9,14H,2-3,10-13,15H2,1H3. The molecule has 0 aliphatic carbocycles. The number of likely N-dealkylation sites (N-methyl/N-ethyl adjacent to an activating group) is 1. The van der Waals surface area contributed by atoms with Crippen LogP contribution in [0, 0.1) is 0 Å². The van der Waals surface area contributed by atoms with E-state index in [9.17, 15) is 13.2 Å². The summed E-state index contributed by atoms with van der Waals surface area (Å²) in [5, 5.41) is 1.25. The Kier molecular flexibility index (Phi) is 7.99. The summed E-state index contributed by atoms with van der Waals surface area (Å²) in [5.41, 5.74) is 0. The van der Waals surface area contributed by atoms with Gasteiger partial charge in [-0.15, -0.1) is 0 Å². The molecule has 1 aromatic carbocycles. The molecule has 0 N–H and O–H groups in total. The summed E-state index contributed by atoms with van der Waals surface area (Å²) >= 11 is 7.11. The third-order valence-electron chi connectivity index (χ3n) is 4.69. The van der Waals surface area contributed by atoms with Crippen molar-refractivity contribution < 1.29 is 17.9 Å². The van der Waals surface area contributed by atoms with Gasteiger partial charge in [0.25, 0.3) is 0 Å². The number of thioether (sulfide) groups is 1. The van der Waals surface area contributed by atoms with Crippen LogP contribution < -0.4 is 4.74 Å². The molecule has 0 atom stereocenters. The summed E-state index contributed by atoms with van der Waals surface area (Å²) in [6, 6.07) is 10.2. The minimum absolute atomic E-state index is 0.0599. The van der Waals surface area contributed by atoms with E-state index in [1.807, 2.05) is 0 Å². The van der Waals surface area contributed by atoms with Gasteiger partial charge in [0, 0.05) is 31.4 Å². The van der Waals surface area contributed by atoms with E-state index < -0.39 is 10.0 Å². The van der Waals surface area contributed by atoms with E-state index in [0.717, 1.165) is 12.8 Å². The van der Waals surface area contributed by atoms with E-state index in [0.29, 0.717) is 42.0 Å². The Balaban J connectivity index is 1.44. The molecule has 1 saturated heterocycles. The maximum absolute atomic E-state index is 12.5. The van der Waals surface area contributed by atoms with Crippen molar-refractivity contribution in [3.8, 4) is 5.75 Å². The molecule has 2 heterocycles. The van der Waals surface area contributed by atoms with Gasteiger partial charge < -0.3 is 9.64 Å². The number of ether oxygens (including phenoxy) is 1. The highest BCUT2D eigenvalue weighted by Crippen LogP contribution is 2.22. The third kappa shape index (κ3) is 6.10. The Morgan fingerprint density at radius 2 is 1.90 bits per heavy atom. The molecule has 162 valence electrons. The van der Waals surface area contributed by atoms with E-state index in [1.54, 1.807) is 48.3 Å². The zero-order valence-electron chi connectivity index (χ0n) is 16.7. The number of halogens is 1. The van der Waals surface area contributed by atoms with Gasteiger partial charge in [-0.2, -0.15) is 4.31 Å². The lowest BCUT2D eigenvalue weighted by Gasteiger charge is -2.17. The third-order valence-corrected chi connectivity index (χ3v) is 7.75. The van der Waals surface area contributed by atoms with Crippen molar-refractivity contribution in [2.45, 2.75) is 22.8 Å². The van der Waals surface area contributed by atoms with Gasteiger partial charge in [0.1, 0.15) is 17.3 Å². The average Bonchev–Trinajstić information content (AvgIpc) is 3.29. The average molecular weight is 470 g/mol. The minimum atomic E-state index is -3.47. The number of aromatic nitrogens is 1. The predicted octanol–water partition coefficient (Wildman–Crippen LogP) is 3.15. The number of hydrogen-bond donors (Lipinski definition) is 0. The van der Waals surface area contributed by atoms with Crippen molar-refractivity contribution in [3.05, 3.63) is 47.6 Å². The summed E-state index contributed by atoms with van der Waals surface area (Å²) in [6.45, 7) is 1.93. The Morgan fingerprint density at radius 3 is 2.53 bits per heavy atom. The Bertz CT molecular complexity index is 947. The lowest BCUT2D eigenvalue weighted by molar-refractivity contribution is -0.127. The summed E-state index contributed by atoms with van der Waals surface area (Å²) in [7, 11) is -1.76. The van der Waals surface area contributed by atoms with Crippen molar-refractivity contribution >= 4 is 39.3 Å². The summed E-state index contributed by atoms with van der Waals surface area (Å²) in [5.74, 6) is 0.848. The lowest BCUT2D eigenvalue weighted by atomic mass is 10.3. The first-order valence-electron chi connectivity index (χ1n) is 9.57. The monoisotopic (exact) mass is 469 g/mol. The quantitative estimate of drug-likeness (QED) is 0.525. The second-order valence-corrected chi connectivity index (χ2v) is 10.2. The fraction of sp³-hybridized carbons (Fsp3) is 0.400. The van der Waals surface area contributed by atoms with Crippen molar-refractivity contribution in [1.29, 1.82) is 0 Å². The molecule has 10 heteroatoms. The molecule has 3 rings (SSSR count). The number of carbonyl (C=O) groups excluding carboxylic acids is 1. The van der Waals surface area contributed by atoms with Gasteiger partial charge in [0.05, 0.1) is 17.3 Å². The maximum Gasteiger partial charge on any atom is 0.244 e.